The molecule has 0 aliphatic heterocycles. The Morgan fingerprint density at radius 2 is 1.59 bits per heavy atom. The molecule has 1 aliphatic rings. The van der Waals surface area contributed by atoms with Crippen LogP contribution in [0.15, 0.2) is 60.5 Å². The second-order valence-electron chi connectivity index (χ2n) is 13.7. The fraction of sp³-hybridized carbons (Fsp3) is 0.462. The largest absolute Gasteiger partial charge is 0.512 e. The number of benzene rings is 2. The first-order valence-corrected chi connectivity index (χ1v) is 16.0. The summed E-state index contributed by atoms with van der Waals surface area (Å²) in [5, 5.41) is 13.3. The Morgan fingerprint density at radius 1 is 0.955 bits per heavy atom. The number of aliphatic hydroxyl groups excluding tert-OH is 1. The molecule has 4 nitrogen and oxygen atoms in total. The molecule has 5 rings (SSSR count). The molecule has 44 heavy (non-hydrogen) atoms. The quantitative estimate of drug-likeness (QED) is 0.110. The van der Waals surface area contributed by atoms with Crippen LogP contribution in [0, 0.1) is 23.3 Å². The van der Waals surface area contributed by atoms with Crippen molar-refractivity contribution < 1.29 is 30.0 Å². The number of aliphatic hydroxyl groups is 1. The molecule has 0 fully saturated rings. The van der Waals surface area contributed by atoms with Crippen LogP contribution in [0.3, 0.4) is 0 Å². The maximum absolute atomic E-state index is 11.7. The van der Waals surface area contributed by atoms with Gasteiger partial charge in [-0.05, 0) is 66.0 Å². The molecule has 2 aromatic carbocycles. The van der Waals surface area contributed by atoms with Crippen molar-refractivity contribution in [2.45, 2.75) is 99.8 Å². The van der Waals surface area contributed by atoms with Crippen molar-refractivity contribution in [1.29, 1.82) is 0 Å². The predicted octanol–water partition coefficient (Wildman–Crippen LogP) is 10.3. The van der Waals surface area contributed by atoms with Crippen LogP contribution in [0.1, 0.15) is 105 Å². The van der Waals surface area contributed by atoms with Gasteiger partial charge in [0.15, 0.2) is 5.78 Å². The number of fused-ring (bicyclic) bond motifs is 3. The summed E-state index contributed by atoms with van der Waals surface area (Å²) >= 11 is 0. The monoisotopic (exact) mass is 770 g/mol. The third-order valence-corrected chi connectivity index (χ3v) is 8.94. The molecule has 2 heterocycles. The number of rotatable bonds is 8. The van der Waals surface area contributed by atoms with Crippen LogP contribution < -0.4 is 0 Å². The third-order valence-electron chi connectivity index (χ3n) is 8.94. The van der Waals surface area contributed by atoms with Crippen LogP contribution in [0.5, 0.6) is 0 Å². The van der Waals surface area contributed by atoms with E-state index in [9.17, 15) is 9.90 Å². The van der Waals surface area contributed by atoms with Crippen molar-refractivity contribution >= 4 is 27.5 Å². The van der Waals surface area contributed by atoms with E-state index >= 15 is 0 Å². The molecule has 1 aliphatic carbocycles. The first-order valence-electron chi connectivity index (χ1n) is 16.0. The molecule has 0 spiro atoms. The second-order valence-corrected chi connectivity index (χ2v) is 13.7. The first kappa shape index (κ1) is 35.6. The molecule has 237 valence electrons. The molecule has 1 radical (unpaired) electrons. The normalized spacial score (nSPS) is 13.8. The Morgan fingerprint density at radius 3 is 2.20 bits per heavy atom. The van der Waals surface area contributed by atoms with Gasteiger partial charge in [-0.15, -0.1) is 23.6 Å². The number of carbonyl (C=O) groups excluding carboxylic acids is 1. The molecule has 0 amide bonds. The number of aromatic nitrogens is 2. The molecular formula is C39H49IrN2O2-. The minimum Gasteiger partial charge on any atom is -0.512 e. The zero-order chi connectivity index (χ0) is 31.5. The molecule has 1 N–H and O–H groups in total. The van der Waals surface area contributed by atoms with Gasteiger partial charge in [-0.3, -0.25) is 14.8 Å². The second kappa shape index (κ2) is 14.5. The van der Waals surface area contributed by atoms with E-state index in [1.54, 1.807) is 0 Å². The molecule has 0 bridgehead atoms. The zero-order valence-corrected chi connectivity index (χ0v) is 30.4. The summed E-state index contributed by atoms with van der Waals surface area (Å²) in [6, 6.07) is 18.8. The molecule has 0 saturated heterocycles. The van der Waals surface area contributed by atoms with E-state index in [0.717, 1.165) is 60.0 Å². The van der Waals surface area contributed by atoms with Crippen LogP contribution in [-0.2, 0) is 36.7 Å². The summed E-state index contributed by atoms with van der Waals surface area (Å²) in [4.78, 5) is 21.5. The smallest absolute Gasteiger partial charge is 0.162 e. The van der Waals surface area contributed by atoms with Gasteiger partial charge in [-0.2, -0.15) is 0 Å². The SMILES string of the molecule is CC(C)(C)Cc1cc2c3c(nccc3n1)-c1[c-]c3ccccc3cc1C2(C)C.CCC(CC)C(=O)/C=C(\O)C(CC)CC.[Ir]. The van der Waals surface area contributed by atoms with Crippen LogP contribution in [0.4, 0.5) is 0 Å². The van der Waals surface area contributed by atoms with Crippen molar-refractivity contribution in [3.8, 4) is 11.3 Å². The number of ketones is 1. The van der Waals surface area contributed by atoms with Crippen LogP contribution in [0.25, 0.3) is 32.9 Å². The van der Waals surface area contributed by atoms with Gasteiger partial charge in [-0.1, -0.05) is 97.0 Å². The molecule has 4 aromatic rings. The number of nitrogens with zero attached hydrogens (tertiary/aromatic N) is 2. The molecular weight excluding hydrogens is 721 g/mol. The third kappa shape index (κ3) is 7.49. The van der Waals surface area contributed by atoms with E-state index in [1.807, 2.05) is 33.9 Å². The summed E-state index contributed by atoms with van der Waals surface area (Å²) in [6.45, 7) is 19.5. The summed E-state index contributed by atoms with van der Waals surface area (Å²) in [5.74, 6) is 0.547. The zero-order valence-electron chi connectivity index (χ0n) is 28.0. The fourth-order valence-corrected chi connectivity index (χ4v) is 6.32. The Hall–Kier alpha value is -2.88. The van der Waals surface area contributed by atoms with E-state index in [2.05, 4.69) is 83.1 Å². The predicted molar refractivity (Wildman–Crippen MR) is 180 cm³/mol. The number of hydrogen-bond donors (Lipinski definition) is 1. The molecule has 2 aromatic heterocycles. The van der Waals surface area contributed by atoms with Gasteiger partial charge in [-0.25, -0.2) is 0 Å². The number of hydrogen-bond acceptors (Lipinski definition) is 4. The Kier molecular flexibility index (Phi) is 11.7. The molecule has 0 saturated carbocycles. The van der Waals surface area contributed by atoms with Gasteiger partial charge in [0.25, 0.3) is 0 Å². The van der Waals surface area contributed by atoms with E-state index in [-0.39, 0.29) is 54.3 Å². The standard InChI is InChI=1S/C26H25N2.C13H24O2.Ir/c1-25(2,3)15-18-14-21-23-22(28-18)10-11-27-24(23)19-12-16-8-6-7-9-17(16)13-20(19)26(21,4)5;1-5-10(6-2)12(14)9-13(15)11(7-3)8-4;/h6-11,13-14H,15H2,1-5H3;9-11,14H,5-8H2,1-4H3;/q-1;;/b;12-9-;. The Labute approximate surface area is 278 Å². The topological polar surface area (TPSA) is 63.1 Å². The maximum atomic E-state index is 11.7. The Bertz CT molecular complexity index is 1640. The maximum Gasteiger partial charge on any atom is 0.162 e. The van der Waals surface area contributed by atoms with Crippen molar-refractivity contribution in [3.63, 3.8) is 0 Å². The van der Waals surface area contributed by atoms with Gasteiger partial charge in [0.1, 0.15) is 0 Å². The average molecular weight is 770 g/mol. The number of allylic oxidation sites excluding steroid dienone is 2. The Balaban J connectivity index is 0.000000286. The van der Waals surface area contributed by atoms with Gasteiger partial charge in [0, 0.05) is 55.6 Å². The average Bonchev–Trinajstić information content (AvgIpc) is 2.96. The van der Waals surface area contributed by atoms with E-state index < -0.39 is 0 Å². The van der Waals surface area contributed by atoms with Gasteiger partial charge < -0.3 is 5.11 Å². The van der Waals surface area contributed by atoms with Crippen molar-refractivity contribution in [1.82, 2.24) is 9.97 Å². The first-order chi connectivity index (χ1) is 20.3. The van der Waals surface area contributed by atoms with E-state index in [1.165, 1.54) is 28.0 Å². The van der Waals surface area contributed by atoms with Crippen LogP contribution in [-0.4, -0.2) is 20.9 Å². The van der Waals surface area contributed by atoms with Crippen LogP contribution >= 0.6 is 0 Å². The van der Waals surface area contributed by atoms with Gasteiger partial charge in [0.05, 0.1) is 11.3 Å². The minimum atomic E-state index is -0.125. The number of carbonyl (C=O) groups is 1. The van der Waals surface area contributed by atoms with Crippen LogP contribution in [0.2, 0.25) is 0 Å². The fourth-order valence-electron chi connectivity index (χ4n) is 6.32. The van der Waals surface area contributed by atoms with Crippen molar-refractivity contribution in [3.05, 3.63) is 83.4 Å². The molecule has 0 atom stereocenters. The van der Waals surface area contributed by atoms with Crippen molar-refractivity contribution in [2.24, 2.45) is 17.3 Å². The van der Waals surface area contributed by atoms with E-state index in [4.69, 9.17) is 9.97 Å². The van der Waals surface area contributed by atoms with E-state index in [0.29, 0.717) is 0 Å². The number of pyridine rings is 2. The summed E-state index contributed by atoms with van der Waals surface area (Å²) in [5.41, 5.74) is 7.04. The summed E-state index contributed by atoms with van der Waals surface area (Å²) < 4.78 is 0. The molecule has 0 unspecified atom stereocenters. The summed E-state index contributed by atoms with van der Waals surface area (Å²) in [6.07, 6.45) is 7.75. The van der Waals surface area contributed by atoms with Gasteiger partial charge in [0.2, 0.25) is 0 Å². The molecule has 5 heteroatoms. The minimum absolute atomic E-state index is 0. The van der Waals surface area contributed by atoms with Crippen molar-refractivity contribution in [2.75, 3.05) is 0 Å². The van der Waals surface area contributed by atoms with Gasteiger partial charge >= 0.3 is 0 Å². The summed E-state index contributed by atoms with van der Waals surface area (Å²) in [7, 11) is 0.